The summed E-state index contributed by atoms with van der Waals surface area (Å²) in [5.41, 5.74) is 1.64. The molecule has 0 heterocycles. The number of nitrogens with one attached hydrogen (secondary N) is 2. The highest BCUT2D eigenvalue weighted by Crippen LogP contribution is 2.16. The quantitative estimate of drug-likeness (QED) is 0.761. The lowest BCUT2D eigenvalue weighted by molar-refractivity contribution is -0.119. The molecule has 1 aromatic rings. The molecule has 0 fully saturated rings. The number of nitrogens with zero attached hydrogens (tertiary/aromatic N) is 1. The molecule has 19 heavy (non-hydrogen) atoms. The van der Waals surface area contributed by atoms with Crippen molar-refractivity contribution in [2.75, 3.05) is 30.4 Å². The summed E-state index contributed by atoms with van der Waals surface area (Å²) in [5, 5.41) is 5.67. The Hall–Kier alpha value is -2.30. The molecule has 1 aromatic carbocycles. The van der Waals surface area contributed by atoms with Crippen LogP contribution in [0.4, 0.5) is 11.4 Å². The topological polar surface area (TPSA) is 61.4 Å². The molecule has 0 atom stereocenters. The molecule has 102 valence electrons. The SMILES string of the molecule is C=CCNC(=O)CNc1ccc(N(C)C(C)=O)cc1. The first-order chi connectivity index (χ1) is 9.04. The van der Waals surface area contributed by atoms with Crippen LogP contribution >= 0.6 is 0 Å². The first kappa shape index (κ1) is 14.8. The van der Waals surface area contributed by atoms with Crippen LogP contribution in [0.2, 0.25) is 0 Å². The van der Waals surface area contributed by atoms with Crippen LogP contribution in [0, 0.1) is 0 Å². The summed E-state index contributed by atoms with van der Waals surface area (Å²) in [5.74, 6) is -0.116. The third-order valence-corrected chi connectivity index (χ3v) is 2.62. The molecule has 0 saturated carbocycles. The second kappa shape index (κ2) is 7.20. The highest BCUT2D eigenvalue weighted by molar-refractivity contribution is 5.91. The van der Waals surface area contributed by atoms with Gasteiger partial charge in [-0.05, 0) is 24.3 Å². The van der Waals surface area contributed by atoms with Gasteiger partial charge in [-0.3, -0.25) is 9.59 Å². The summed E-state index contributed by atoms with van der Waals surface area (Å²) in [6.45, 7) is 5.70. The molecule has 1 rings (SSSR count). The number of rotatable bonds is 6. The van der Waals surface area contributed by atoms with Gasteiger partial charge in [-0.15, -0.1) is 6.58 Å². The van der Waals surface area contributed by atoms with E-state index in [9.17, 15) is 9.59 Å². The Kier molecular flexibility index (Phi) is 5.60. The van der Waals surface area contributed by atoms with E-state index in [1.807, 2.05) is 24.3 Å². The molecule has 0 unspecified atom stereocenters. The van der Waals surface area contributed by atoms with Crippen LogP contribution < -0.4 is 15.5 Å². The number of anilines is 2. The van der Waals surface area contributed by atoms with E-state index in [4.69, 9.17) is 0 Å². The molecule has 0 spiro atoms. The van der Waals surface area contributed by atoms with Gasteiger partial charge in [0.05, 0.1) is 6.54 Å². The fourth-order valence-electron chi connectivity index (χ4n) is 1.42. The van der Waals surface area contributed by atoms with Crippen LogP contribution in [0.3, 0.4) is 0 Å². The third kappa shape index (κ3) is 4.83. The van der Waals surface area contributed by atoms with Crippen molar-refractivity contribution in [1.82, 2.24) is 5.32 Å². The minimum atomic E-state index is -0.0927. The number of carbonyl (C=O) groups is 2. The molecule has 0 aliphatic heterocycles. The van der Waals surface area contributed by atoms with E-state index in [2.05, 4.69) is 17.2 Å². The first-order valence-corrected chi connectivity index (χ1v) is 6.00. The third-order valence-electron chi connectivity index (χ3n) is 2.62. The summed E-state index contributed by atoms with van der Waals surface area (Å²) in [7, 11) is 1.72. The lowest BCUT2D eigenvalue weighted by atomic mass is 10.2. The maximum Gasteiger partial charge on any atom is 0.239 e. The van der Waals surface area contributed by atoms with E-state index in [1.54, 1.807) is 18.0 Å². The fraction of sp³-hybridized carbons (Fsp3) is 0.286. The monoisotopic (exact) mass is 261 g/mol. The van der Waals surface area contributed by atoms with E-state index in [-0.39, 0.29) is 18.4 Å². The minimum Gasteiger partial charge on any atom is -0.376 e. The summed E-state index contributed by atoms with van der Waals surface area (Å²) in [4.78, 5) is 24.1. The molecule has 0 aromatic heterocycles. The van der Waals surface area contributed by atoms with Crippen LogP contribution in [0.5, 0.6) is 0 Å². The Morgan fingerprint density at radius 1 is 1.32 bits per heavy atom. The van der Waals surface area contributed by atoms with Crippen LogP contribution in [-0.4, -0.2) is 32.0 Å². The molecule has 2 amide bonds. The summed E-state index contributed by atoms with van der Waals surface area (Å²) in [6.07, 6.45) is 1.63. The van der Waals surface area contributed by atoms with Gasteiger partial charge in [0.25, 0.3) is 0 Å². The standard InChI is InChI=1S/C14H19N3O2/c1-4-9-15-14(19)10-16-12-5-7-13(8-6-12)17(3)11(2)18/h4-8,16H,1,9-10H2,2-3H3,(H,15,19). The number of hydrogen-bond donors (Lipinski definition) is 2. The van der Waals surface area contributed by atoms with Gasteiger partial charge >= 0.3 is 0 Å². The molecule has 0 bridgehead atoms. The smallest absolute Gasteiger partial charge is 0.239 e. The number of benzene rings is 1. The lowest BCUT2D eigenvalue weighted by Gasteiger charge is -2.15. The first-order valence-electron chi connectivity index (χ1n) is 6.00. The maximum absolute atomic E-state index is 11.4. The average molecular weight is 261 g/mol. The maximum atomic E-state index is 11.4. The van der Waals surface area contributed by atoms with Gasteiger partial charge in [-0.25, -0.2) is 0 Å². The van der Waals surface area contributed by atoms with Crippen molar-refractivity contribution < 1.29 is 9.59 Å². The van der Waals surface area contributed by atoms with Crippen molar-refractivity contribution in [2.24, 2.45) is 0 Å². The van der Waals surface area contributed by atoms with Crippen molar-refractivity contribution in [3.8, 4) is 0 Å². The van der Waals surface area contributed by atoms with Gasteiger partial charge < -0.3 is 15.5 Å². The molecule has 5 nitrogen and oxygen atoms in total. The minimum absolute atomic E-state index is 0.0236. The lowest BCUT2D eigenvalue weighted by Crippen LogP contribution is -2.29. The predicted octanol–water partition coefficient (Wildman–Crippen LogP) is 1.38. The van der Waals surface area contributed by atoms with E-state index in [1.165, 1.54) is 6.92 Å². The molecule has 0 aliphatic rings. The Balaban J connectivity index is 2.50. The fourth-order valence-corrected chi connectivity index (χ4v) is 1.42. The van der Waals surface area contributed by atoms with E-state index in [0.717, 1.165) is 11.4 Å². The average Bonchev–Trinajstić information content (AvgIpc) is 2.42. The van der Waals surface area contributed by atoms with Gasteiger partial charge in [0.15, 0.2) is 0 Å². The van der Waals surface area contributed by atoms with Crippen molar-refractivity contribution >= 4 is 23.2 Å². The zero-order valence-electron chi connectivity index (χ0n) is 11.3. The number of amides is 2. The normalized spacial score (nSPS) is 9.58. The highest BCUT2D eigenvalue weighted by atomic mass is 16.2. The molecular formula is C14H19N3O2. The van der Waals surface area contributed by atoms with Crippen LogP contribution in [0.1, 0.15) is 6.92 Å². The van der Waals surface area contributed by atoms with Gasteiger partial charge in [-0.1, -0.05) is 6.08 Å². The summed E-state index contributed by atoms with van der Waals surface area (Å²) >= 11 is 0. The van der Waals surface area contributed by atoms with Crippen molar-refractivity contribution in [2.45, 2.75) is 6.92 Å². The largest absolute Gasteiger partial charge is 0.376 e. The van der Waals surface area contributed by atoms with Gasteiger partial charge in [0.1, 0.15) is 0 Å². The Morgan fingerprint density at radius 3 is 2.47 bits per heavy atom. The Morgan fingerprint density at radius 2 is 1.95 bits per heavy atom. The summed E-state index contributed by atoms with van der Waals surface area (Å²) in [6, 6.07) is 7.31. The molecule has 0 radical (unpaired) electrons. The van der Waals surface area contributed by atoms with Gasteiger partial charge in [0, 0.05) is 31.9 Å². The second-order valence-electron chi connectivity index (χ2n) is 4.07. The van der Waals surface area contributed by atoms with E-state index in [0.29, 0.717) is 6.54 Å². The zero-order chi connectivity index (χ0) is 14.3. The van der Waals surface area contributed by atoms with Gasteiger partial charge in [-0.2, -0.15) is 0 Å². The highest BCUT2D eigenvalue weighted by Gasteiger charge is 2.05. The Bertz CT molecular complexity index is 454. The van der Waals surface area contributed by atoms with E-state index < -0.39 is 0 Å². The molecule has 0 saturated heterocycles. The van der Waals surface area contributed by atoms with Crippen molar-refractivity contribution in [3.05, 3.63) is 36.9 Å². The molecule has 2 N–H and O–H groups in total. The van der Waals surface area contributed by atoms with Crippen molar-refractivity contribution in [3.63, 3.8) is 0 Å². The second-order valence-corrected chi connectivity index (χ2v) is 4.07. The molecular weight excluding hydrogens is 242 g/mol. The van der Waals surface area contributed by atoms with Crippen LogP contribution in [0.25, 0.3) is 0 Å². The number of hydrogen-bond acceptors (Lipinski definition) is 3. The van der Waals surface area contributed by atoms with Crippen LogP contribution in [0.15, 0.2) is 36.9 Å². The molecule has 0 aliphatic carbocycles. The molecule has 5 heteroatoms. The van der Waals surface area contributed by atoms with Crippen LogP contribution in [-0.2, 0) is 9.59 Å². The number of carbonyl (C=O) groups excluding carboxylic acids is 2. The Labute approximate surface area is 113 Å². The van der Waals surface area contributed by atoms with Crippen molar-refractivity contribution in [1.29, 1.82) is 0 Å². The predicted molar refractivity (Wildman–Crippen MR) is 77.2 cm³/mol. The zero-order valence-corrected chi connectivity index (χ0v) is 11.3. The van der Waals surface area contributed by atoms with E-state index >= 15 is 0 Å². The summed E-state index contributed by atoms with van der Waals surface area (Å²) < 4.78 is 0. The van der Waals surface area contributed by atoms with Gasteiger partial charge in [0.2, 0.25) is 11.8 Å².